The van der Waals surface area contributed by atoms with Crippen molar-refractivity contribution in [1.29, 1.82) is 5.26 Å². The molecule has 0 radical (unpaired) electrons. The fourth-order valence-corrected chi connectivity index (χ4v) is 6.85. The predicted octanol–water partition coefficient (Wildman–Crippen LogP) is 6.24. The number of ketones is 1. The summed E-state index contributed by atoms with van der Waals surface area (Å²) in [6.07, 6.45) is 2.08. The third kappa shape index (κ3) is 3.51. The number of halogens is 1. The first-order chi connectivity index (χ1) is 14.5. The molecule has 7 heteroatoms. The lowest BCUT2D eigenvalue weighted by Crippen LogP contribution is -2.39. The van der Waals surface area contributed by atoms with Crippen molar-refractivity contribution >= 4 is 50.5 Å². The Kier molecular flexibility index (Phi) is 6.10. The molecule has 1 aromatic heterocycles. The Morgan fingerprint density at radius 1 is 1.37 bits per heavy atom. The van der Waals surface area contributed by atoms with E-state index in [2.05, 4.69) is 28.9 Å². The number of hydrogen-bond donors (Lipinski definition) is 1. The third-order valence-corrected chi connectivity index (χ3v) is 8.20. The number of anilines is 1. The summed E-state index contributed by atoms with van der Waals surface area (Å²) >= 11 is 6.93. The van der Waals surface area contributed by atoms with Crippen molar-refractivity contribution in [3.63, 3.8) is 0 Å². The molecule has 4 nitrogen and oxygen atoms in total. The molecular formula is C23H22BrN3OS2. The SMILES string of the molecule is CCSc1sccc1C1C(C#N)=C(N)N(c2ccc(Br)cc2C)C2=C1C(=O)CCC2. The molecule has 1 aliphatic heterocycles. The molecule has 0 amide bonds. The molecule has 0 fully saturated rings. The fourth-order valence-electron chi connectivity index (χ4n) is 4.31. The molecule has 30 heavy (non-hydrogen) atoms. The average molecular weight is 500 g/mol. The molecule has 1 aliphatic carbocycles. The van der Waals surface area contributed by atoms with E-state index in [1.165, 1.54) is 0 Å². The van der Waals surface area contributed by atoms with Crippen LogP contribution in [-0.2, 0) is 4.79 Å². The molecule has 2 aliphatic rings. The summed E-state index contributed by atoms with van der Waals surface area (Å²) in [7, 11) is 0. The quantitative estimate of drug-likeness (QED) is 0.504. The Morgan fingerprint density at radius 3 is 2.87 bits per heavy atom. The number of allylic oxidation sites excluding steroid dienone is 3. The van der Waals surface area contributed by atoms with Crippen molar-refractivity contribution in [2.24, 2.45) is 5.73 Å². The lowest BCUT2D eigenvalue weighted by molar-refractivity contribution is -0.116. The summed E-state index contributed by atoms with van der Waals surface area (Å²) in [4.78, 5) is 15.2. The van der Waals surface area contributed by atoms with Crippen LogP contribution in [0.4, 0.5) is 5.69 Å². The van der Waals surface area contributed by atoms with Crippen LogP contribution in [0.3, 0.4) is 0 Å². The van der Waals surface area contributed by atoms with Gasteiger partial charge in [0.25, 0.3) is 0 Å². The number of aryl methyl sites for hydroxylation is 1. The van der Waals surface area contributed by atoms with E-state index < -0.39 is 0 Å². The normalized spacial score (nSPS) is 19.2. The summed E-state index contributed by atoms with van der Waals surface area (Å²) in [5.74, 6) is 1.11. The van der Waals surface area contributed by atoms with Crippen molar-refractivity contribution < 1.29 is 4.79 Å². The molecule has 0 saturated carbocycles. The third-order valence-electron chi connectivity index (χ3n) is 5.56. The smallest absolute Gasteiger partial charge is 0.161 e. The zero-order chi connectivity index (χ0) is 21.4. The molecule has 2 aromatic rings. The van der Waals surface area contributed by atoms with E-state index in [1.807, 2.05) is 41.5 Å². The second-order valence-corrected chi connectivity index (χ2v) is 10.7. The van der Waals surface area contributed by atoms with Gasteiger partial charge in [0.15, 0.2) is 5.78 Å². The molecule has 0 spiro atoms. The van der Waals surface area contributed by atoms with Gasteiger partial charge in [0.1, 0.15) is 5.82 Å². The van der Waals surface area contributed by atoms with Crippen molar-refractivity contribution in [1.82, 2.24) is 0 Å². The van der Waals surface area contributed by atoms with Gasteiger partial charge in [0.2, 0.25) is 0 Å². The Balaban J connectivity index is 1.97. The van der Waals surface area contributed by atoms with E-state index in [9.17, 15) is 10.1 Å². The van der Waals surface area contributed by atoms with Gasteiger partial charge in [-0.25, -0.2) is 0 Å². The number of benzene rings is 1. The van der Waals surface area contributed by atoms with Gasteiger partial charge in [-0.1, -0.05) is 22.9 Å². The summed E-state index contributed by atoms with van der Waals surface area (Å²) < 4.78 is 2.14. The molecule has 1 aromatic carbocycles. The topological polar surface area (TPSA) is 70.1 Å². The summed E-state index contributed by atoms with van der Waals surface area (Å²) in [6.45, 7) is 4.13. The van der Waals surface area contributed by atoms with E-state index in [0.29, 0.717) is 17.8 Å². The highest BCUT2D eigenvalue weighted by molar-refractivity contribution is 9.10. The maximum absolute atomic E-state index is 13.2. The van der Waals surface area contributed by atoms with Crippen molar-refractivity contribution in [3.8, 4) is 6.07 Å². The minimum atomic E-state index is -0.384. The highest BCUT2D eigenvalue weighted by Crippen LogP contribution is 2.49. The number of nitriles is 1. The Labute approximate surface area is 193 Å². The van der Waals surface area contributed by atoms with Gasteiger partial charge >= 0.3 is 0 Å². The largest absolute Gasteiger partial charge is 0.384 e. The highest BCUT2D eigenvalue weighted by atomic mass is 79.9. The van der Waals surface area contributed by atoms with Gasteiger partial charge < -0.3 is 5.73 Å². The molecule has 1 atom stereocenters. The van der Waals surface area contributed by atoms with Crippen LogP contribution in [0.5, 0.6) is 0 Å². The van der Waals surface area contributed by atoms with Gasteiger partial charge in [-0.3, -0.25) is 9.69 Å². The average Bonchev–Trinajstić information content (AvgIpc) is 3.16. The number of nitrogens with zero attached hydrogens (tertiary/aromatic N) is 2. The first-order valence-electron chi connectivity index (χ1n) is 9.90. The second-order valence-electron chi connectivity index (χ2n) is 7.34. The number of thiophene rings is 1. The van der Waals surface area contributed by atoms with Crippen molar-refractivity contribution in [3.05, 3.63) is 67.9 Å². The van der Waals surface area contributed by atoms with Gasteiger partial charge in [-0.05, 0) is 66.3 Å². The van der Waals surface area contributed by atoms with Crippen molar-refractivity contribution in [2.45, 2.75) is 43.2 Å². The van der Waals surface area contributed by atoms with E-state index in [4.69, 9.17) is 5.73 Å². The Morgan fingerprint density at radius 2 is 2.17 bits per heavy atom. The molecule has 2 N–H and O–H groups in total. The zero-order valence-corrected chi connectivity index (χ0v) is 20.1. The monoisotopic (exact) mass is 499 g/mol. The van der Waals surface area contributed by atoms with Gasteiger partial charge in [-0.15, -0.1) is 23.1 Å². The summed E-state index contributed by atoms with van der Waals surface area (Å²) in [5, 5.41) is 12.2. The number of hydrogen-bond acceptors (Lipinski definition) is 6. The molecule has 2 heterocycles. The highest BCUT2D eigenvalue weighted by Gasteiger charge is 2.41. The van der Waals surface area contributed by atoms with Gasteiger partial charge in [0.05, 0.1) is 27.5 Å². The van der Waals surface area contributed by atoms with Crippen LogP contribution in [0.15, 0.2) is 61.0 Å². The fraction of sp³-hybridized carbons (Fsp3) is 0.304. The maximum atomic E-state index is 13.2. The van der Waals surface area contributed by atoms with Crippen LogP contribution in [0, 0.1) is 18.3 Å². The predicted molar refractivity (Wildman–Crippen MR) is 128 cm³/mol. The molecule has 0 bridgehead atoms. The maximum Gasteiger partial charge on any atom is 0.161 e. The molecule has 0 saturated heterocycles. The molecule has 4 rings (SSSR count). The van der Waals surface area contributed by atoms with Crippen LogP contribution in [-0.4, -0.2) is 11.5 Å². The van der Waals surface area contributed by atoms with Gasteiger partial charge in [-0.2, -0.15) is 5.26 Å². The van der Waals surface area contributed by atoms with E-state index in [0.717, 1.165) is 55.4 Å². The Hall–Kier alpha value is -2.01. The van der Waals surface area contributed by atoms with E-state index >= 15 is 0 Å². The second kappa shape index (κ2) is 8.62. The van der Waals surface area contributed by atoms with Gasteiger partial charge in [0, 0.05) is 22.2 Å². The number of thioether (sulfide) groups is 1. The lowest BCUT2D eigenvalue weighted by atomic mass is 9.76. The number of carbonyl (C=O) groups excluding carboxylic acids is 1. The summed E-state index contributed by atoms with van der Waals surface area (Å²) in [6, 6.07) is 10.4. The number of nitrogens with two attached hydrogens (primary N) is 1. The number of Topliss-reactive ketones (excluding diaryl/α,β-unsaturated/α-hetero) is 1. The molecule has 1 unspecified atom stereocenters. The first-order valence-corrected chi connectivity index (χ1v) is 12.6. The number of rotatable bonds is 4. The van der Waals surface area contributed by atoms with Crippen LogP contribution < -0.4 is 10.6 Å². The van der Waals surface area contributed by atoms with Crippen LogP contribution in [0.1, 0.15) is 43.2 Å². The molecular weight excluding hydrogens is 478 g/mol. The van der Waals surface area contributed by atoms with Crippen LogP contribution >= 0.6 is 39.0 Å². The zero-order valence-electron chi connectivity index (χ0n) is 16.9. The standard InChI is InChI=1S/C23H22BrN3OS2/c1-3-29-23-15(9-10-30-23)20-16(12-25)22(26)27(17-8-7-14(24)11-13(17)2)18-5-4-6-19(28)21(18)20/h7-11,20H,3-6,26H2,1-2H3. The van der Waals surface area contributed by atoms with Crippen LogP contribution in [0.25, 0.3) is 0 Å². The minimum absolute atomic E-state index is 0.125. The first kappa shape index (κ1) is 21.2. The summed E-state index contributed by atoms with van der Waals surface area (Å²) in [5.41, 5.74) is 11.8. The van der Waals surface area contributed by atoms with E-state index in [-0.39, 0.29) is 11.7 Å². The number of carbonyl (C=O) groups is 1. The van der Waals surface area contributed by atoms with Crippen LogP contribution in [0.2, 0.25) is 0 Å². The minimum Gasteiger partial charge on any atom is -0.384 e. The lowest BCUT2D eigenvalue weighted by Gasteiger charge is -2.40. The Bertz CT molecular complexity index is 1130. The van der Waals surface area contributed by atoms with E-state index in [1.54, 1.807) is 23.1 Å². The van der Waals surface area contributed by atoms with Crippen molar-refractivity contribution in [2.75, 3.05) is 10.7 Å². The molecule has 154 valence electrons.